The van der Waals surface area contributed by atoms with Crippen molar-refractivity contribution < 1.29 is 0 Å². The molecular weight excluding hydrogens is 188 g/mol. The van der Waals surface area contributed by atoms with Crippen LogP contribution in [0.25, 0.3) is 0 Å². The molecule has 2 rings (SSSR count). The zero-order valence-corrected chi connectivity index (χ0v) is 9.49. The number of amidine groups is 1. The van der Waals surface area contributed by atoms with Gasteiger partial charge in [0, 0.05) is 18.8 Å². The summed E-state index contributed by atoms with van der Waals surface area (Å²) in [6.45, 7) is 8.68. The summed E-state index contributed by atoms with van der Waals surface area (Å²) < 4.78 is 0. The number of aliphatic imine (C=N–C) groups is 1. The molecule has 1 atom stereocenters. The van der Waals surface area contributed by atoms with E-state index >= 15 is 0 Å². The second-order valence-electron chi connectivity index (χ2n) is 4.16. The lowest BCUT2D eigenvalue weighted by Gasteiger charge is -2.40. The molecule has 0 unspecified atom stereocenters. The molecule has 4 nitrogen and oxygen atoms in total. The Morgan fingerprint density at radius 1 is 1.40 bits per heavy atom. The highest BCUT2D eigenvalue weighted by molar-refractivity contribution is 5.83. The van der Waals surface area contributed by atoms with Gasteiger partial charge in [0.25, 0.3) is 0 Å². The monoisotopic (exact) mass is 204 g/mol. The summed E-state index contributed by atoms with van der Waals surface area (Å²) in [5.74, 6) is 1.08. The molecule has 1 fully saturated rings. The fourth-order valence-electron chi connectivity index (χ4n) is 2.17. The third-order valence-electron chi connectivity index (χ3n) is 3.25. The predicted molar refractivity (Wildman–Crippen MR) is 59.2 cm³/mol. The number of hydrogen-bond donors (Lipinski definition) is 0. The van der Waals surface area contributed by atoms with Gasteiger partial charge in [-0.05, 0) is 26.3 Å². The second kappa shape index (κ2) is 3.58. The maximum absolute atomic E-state index is 8.90. The zero-order chi connectivity index (χ0) is 11.0. The lowest BCUT2D eigenvalue weighted by atomic mass is 10.0. The SMILES string of the molecule is CC1=N[C@@H](C)C(C)=C2CN(C#N)CCN12. The van der Waals surface area contributed by atoms with Crippen LogP contribution in [0, 0.1) is 11.5 Å². The smallest absolute Gasteiger partial charge is 0.179 e. The van der Waals surface area contributed by atoms with Crippen LogP contribution in [0.5, 0.6) is 0 Å². The fraction of sp³-hybridized carbons (Fsp3) is 0.636. The van der Waals surface area contributed by atoms with Crippen molar-refractivity contribution in [3.05, 3.63) is 11.3 Å². The van der Waals surface area contributed by atoms with Gasteiger partial charge >= 0.3 is 0 Å². The molecule has 0 bridgehead atoms. The number of rotatable bonds is 0. The van der Waals surface area contributed by atoms with Crippen molar-refractivity contribution in [2.24, 2.45) is 4.99 Å². The Balaban J connectivity index is 2.31. The van der Waals surface area contributed by atoms with Crippen LogP contribution < -0.4 is 0 Å². The van der Waals surface area contributed by atoms with Crippen molar-refractivity contribution in [3.63, 3.8) is 0 Å². The Hall–Kier alpha value is -1.50. The van der Waals surface area contributed by atoms with E-state index < -0.39 is 0 Å². The fourth-order valence-corrected chi connectivity index (χ4v) is 2.17. The van der Waals surface area contributed by atoms with E-state index in [-0.39, 0.29) is 6.04 Å². The molecule has 0 N–H and O–H groups in total. The average Bonchev–Trinajstić information content (AvgIpc) is 2.25. The summed E-state index contributed by atoms with van der Waals surface area (Å²) >= 11 is 0. The van der Waals surface area contributed by atoms with Crippen LogP contribution in [-0.4, -0.2) is 41.3 Å². The Bertz CT molecular complexity index is 375. The van der Waals surface area contributed by atoms with Crippen molar-refractivity contribution >= 4 is 5.84 Å². The summed E-state index contributed by atoms with van der Waals surface area (Å²) in [6, 6.07) is 0.259. The van der Waals surface area contributed by atoms with Crippen molar-refractivity contribution in [1.29, 1.82) is 5.26 Å². The van der Waals surface area contributed by atoms with Gasteiger partial charge in [-0.1, -0.05) is 0 Å². The standard InChI is InChI=1S/C11H16N4/c1-8-9(2)13-10(3)15-5-4-14(7-12)6-11(8)15/h9H,4-6H2,1-3H3/t9-/m0/s1. The maximum atomic E-state index is 8.90. The molecule has 2 aliphatic heterocycles. The molecule has 0 aliphatic carbocycles. The van der Waals surface area contributed by atoms with Gasteiger partial charge in [0.1, 0.15) is 5.84 Å². The van der Waals surface area contributed by atoms with Crippen LogP contribution in [0.2, 0.25) is 0 Å². The molecule has 0 amide bonds. The predicted octanol–water partition coefficient (Wildman–Crippen LogP) is 1.18. The first kappa shape index (κ1) is 10.0. The topological polar surface area (TPSA) is 42.6 Å². The largest absolute Gasteiger partial charge is 0.330 e. The minimum atomic E-state index is 0.259. The Labute approximate surface area is 90.5 Å². The lowest BCUT2D eigenvalue weighted by Crippen LogP contribution is -2.47. The van der Waals surface area contributed by atoms with E-state index in [1.54, 1.807) is 4.90 Å². The zero-order valence-electron chi connectivity index (χ0n) is 9.49. The minimum absolute atomic E-state index is 0.259. The summed E-state index contributed by atoms with van der Waals surface area (Å²) in [5, 5.41) is 8.90. The molecule has 2 heterocycles. The highest BCUT2D eigenvalue weighted by Gasteiger charge is 2.28. The van der Waals surface area contributed by atoms with Crippen molar-refractivity contribution in [2.75, 3.05) is 19.6 Å². The molecule has 4 heteroatoms. The number of fused-ring (bicyclic) bond motifs is 1. The first-order chi connectivity index (χ1) is 7.13. The number of nitrogens with zero attached hydrogens (tertiary/aromatic N) is 4. The molecule has 2 aliphatic rings. The lowest BCUT2D eigenvalue weighted by molar-refractivity contribution is 0.286. The summed E-state index contributed by atoms with van der Waals surface area (Å²) in [4.78, 5) is 8.63. The van der Waals surface area contributed by atoms with E-state index in [0.717, 1.165) is 25.5 Å². The molecule has 0 spiro atoms. The quantitative estimate of drug-likeness (QED) is 0.556. The van der Waals surface area contributed by atoms with Gasteiger partial charge in [0.2, 0.25) is 0 Å². The van der Waals surface area contributed by atoms with E-state index in [2.05, 4.69) is 29.9 Å². The van der Waals surface area contributed by atoms with E-state index in [9.17, 15) is 0 Å². The molecule has 0 radical (unpaired) electrons. The molecule has 0 aromatic heterocycles. The average molecular weight is 204 g/mol. The molecule has 15 heavy (non-hydrogen) atoms. The van der Waals surface area contributed by atoms with Gasteiger partial charge in [-0.25, -0.2) is 0 Å². The van der Waals surface area contributed by atoms with Crippen LogP contribution in [0.15, 0.2) is 16.3 Å². The molecule has 0 aromatic rings. The van der Waals surface area contributed by atoms with Gasteiger partial charge < -0.3 is 9.80 Å². The van der Waals surface area contributed by atoms with E-state index in [1.165, 1.54) is 11.3 Å². The van der Waals surface area contributed by atoms with E-state index in [1.807, 2.05) is 6.92 Å². The third kappa shape index (κ3) is 1.58. The van der Waals surface area contributed by atoms with E-state index in [0.29, 0.717) is 0 Å². The number of piperazine rings is 1. The highest BCUT2D eigenvalue weighted by Crippen LogP contribution is 2.25. The minimum Gasteiger partial charge on any atom is -0.330 e. The first-order valence-electron chi connectivity index (χ1n) is 5.29. The highest BCUT2D eigenvalue weighted by atomic mass is 15.3. The van der Waals surface area contributed by atoms with Crippen LogP contribution in [0.3, 0.4) is 0 Å². The normalized spacial score (nSPS) is 26.0. The van der Waals surface area contributed by atoms with Gasteiger partial charge in [0.15, 0.2) is 6.19 Å². The summed E-state index contributed by atoms with van der Waals surface area (Å²) in [7, 11) is 0. The Morgan fingerprint density at radius 3 is 2.80 bits per heavy atom. The second-order valence-corrected chi connectivity index (χ2v) is 4.16. The molecule has 0 aromatic carbocycles. The Morgan fingerprint density at radius 2 is 2.13 bits per heavy atom. The van der Waals surface area contributed by atoms with E-state index in [4.69, 9.17) is 5.26 Å². The number of nitriles is 1. The van der Waals surface area contributed by atoms with Gasteiger partial charge in [0.05, 0.1) is 12.6 Å². The van der Waals surface area contributed by atoms with Crippen LogP contribution in [0.1, 0.15) is 20.8 Å². The van der Waals surface area contributed by atoms with Crippen molar-refractivity contribution in [3.8, 4) is 6.19 Å². The summed E-state index contributed by atoms with van der Waals surface area (Å²) in [6.07, 6.45) is 2.22. The van der Waals surface area contributed by atoms with Crippen LogP contribution in [-0.2, 0) is 0 Å². The third-order valence-corrected chi connectivity index (χ3v) is 3.25. The summed E-state index contributed by atoms with van der Waals surface area (Å²) in [5.41, 5.74) is 2.56. The van der Waals surface area contributed by atoms with Gasteiger partial charge in [-0.15, -0.1) is 0 Å². The molecular formula is C11H16N4. The van der Waals surface area contributed by atoms with Crippen molar-refractivity contribution in [1.82, 2.24) is 9.80 Å². The maximum Gasteiger partial charge on any atom is 0.179 e. The van der Waals surface area contributed by atoms with Crippen molar-refractivity contribution in [2.45, 2.75) is 26.8 Å². The number of hydrogen-bond acceptors (Lipinski definition) is 4. The molecule has 0 saturated carbocycles. The Kier molecular flexibility index (Phi) is 2.39. The van der Waals surface area contributed by atoms with Gasteiger partial charge in [-0.3, -0.25) is 4.99 Å². The van der Waals surface area contributed by atoms with Crippen LogP contribution in [0.4, 0.5) is 0 Å². The molecule has 1 saturated heterocycles. The molecule has 80 valence electrons. The first-order valence-corrected chi connectivity index (χ1v) is 5.29. The van der Waals surface area contributed by atoms with Gasteiger partial charge in [-0.2, -0.15) is 5.26 Å². The van der Waals surface area contributed by atoms with Crippen LogP contribution >= 0.6 is 0 Å².